The van der Waals surface area contributed by atoms with Crippen molar-refractivity contribution < 1.29 is 23.4 Å². The smallest absolute Gasteiger partial charge is 0.333 e. The molecule has 1 unspecified atom stereocenters. The van der Waals surface area contributed by atoms with E-state index in [1.54, 1.807) is 6.07 Å². The summed E-state index contributed by atoms with van der Waals surface area (Å²) >= 11 is 0.877. The monoisotopic (exact) mass is 303 g/mol. The predicted molar refractivity (Wildman–Crippen MR) is 66.2 cm³/mol. The van der Waals surface area contributed by atoms with Gasteiger partial charge in [-0.25, -0.2) is 17.9 Å². The van der Waals surface area contributed by atoms with Crippen molar-refractivity contribution in [2.24, 2.45) is 0 Å². The Balaban J connectivity index is 2.29. The van der Waals surface area contributed by atoms with Crippen molar-refractivity contribution in [3.05, 3.63) is 18.2 Å². The summed E-state index contributed by atoms with van der Waals surface area (Å²) < 4.78 is 33.8. The van der Waals surface area contributed by atoms with Crippen LogP contribution in [0.15, 0.2) is 23.1 Å². The highest BCUT2D eigenvalue weighted by Gasteiger charge is 2.22. The van der Waals surface area contributed by atoms with Gasteiger partial charge in [-0.05, 0) is 12.1 Å². The molecule has 2 aromatic rings. The quantitative estimate of drug-likeness (QED) is 0.673. The maximum atomic E-state index is 12.0. The van der Waals surface area contributed by atoms with E-state index in [4.69, 9.17) is 10.2 Å². The second kappa shape index (κ2) is 5.17. The Morgan fingerprint density at radius 1 is 1.42 bits per heavy atom. The van der Waals surface area contributed by atoms with E-state index in [0.29, 0.717) is 5.52 Å². The predicted octanol–water partition coefficient (Wildman–Crippen LogP) is -0.585. The average molecular weight is 303 g/mol. The highest BCUT2D eigenvalue weighted by Crippen LogP contribution is 2.20. The van der Waals surface area contributed by atoms with Crippen LogP contribution in [-0.2, 0) is 14.8 Å². The molecule has 0 amide bonds. The maximum absolute atomic E-state index is 12.0. The number of nitrogens with one attached hydrogen (secondary N) is 1. The molecule has 1 aromatic carbocycles. The van der Waals surface area contributed by atoms with Crippen LogP contribution in [0.2, 0.25) is 0 Å². The lowest BCUT2D eigenvalue weighted by molar-refractivity contribution is -0.146. The molecule has 1 atom stereocenters. The number of carboxylic acid groups (broad SMARTS) is 1. The molecule has 3 N–H and O–H groups in total. The van der Waals surface area contributed by atoms with Gasteiger partial charge in [-0.2, -0.15) is 8.75 Å². The van der Waals surface area contributed by atoms with E-state index in [9.17, 15) is 13.2 Å². The first-order chi connectivity index (χ1) is 8.92. The van der Waals surface area contributed by atoms with Crippen LogP contribution >= 0.6 is 11.7 Å². The summed E-state index contributed by atoms with van der Waals surface area (Å²) in [5.74, 6) is -1.50. The Morgan fingerprint density at radius 3 is 2.84 bits per heavy atom. The molecule has 0 radical (unpaired) electrons. The van der Waals surface area contributed by atoms with Gasteiger partial charge in [-0.15, -0.1) is 0 Å². The van der Waals surface area contributed by atoms with Gasteiger partial charge in [0.1, 0.15) is 15.9 Å². The Bertz CT molecular complexity index is 711. The summed E-state index contributed by atoms with van der Waals surface area (Å²) in [4.78, 5) is 10.3. The van der Waals surface area contributed by atoms with Crippen LogP contribution in [0.3, 0.4) is 0 Å². The second-order valence-electron chi connectivity index (χ2n) is 3.59. The third-order valence-electron chi connectivity index (χ3n) is 2.29. The number of carbonyl (C=O) groups is 1. The summed E-state index contributed by atoms with van der Waals surface area (Å²) in [6.07, 6.45) is -1.80. The molecule has 0 fully saturated rings. The molecule has 1 aromatic heterocycles. The van der Waals surface area contributed by atoms with E-state index in [1.807, 2.05) is 4.72 Å². The first-order valence-electron chi connectivity index (χ1n) is 5.03. The molecule has 19 heavy (non-hydrogen) atoms. The lowest BCUT2D eigenvalue weighted by atomic mass is 10.3. The zero-order chi connectivity index (χ0) is 14.0. The summed E-state index contributed by atoms with van der Waals surface area (Å²) in [5.41, 5.74) is 0.650. The standard InChI is InChI=1S/C9H9N3O5S2/c13-6(9(14)15)4-10-19(16,17)7-3-1-2-5-8(7)12-18-11-5/h1-3,6,10,13H,4H2,(H,14,15). The summed E-state index contributed by atoms with van der Waals surface area (Å²) in [6.45, 7) is -0.619. The van der Waals surface area contributed by atoms with Crippen LogP contribution in [0.1, 0.15) is 0 Å². The highest BCUT2D eigenvalue weighted by atomic mass is 32.2. The minimum absolute atomic E-state index is 0.101. The number of rotatable bonds is 5. The molecule has 0 aliphatic heterocycles. The Hall–Kier alpha value is -1.62. The number of hydrogen-bond acceptors (Lipinski definition) is 7. The molecule has 2 rings (SSSR count). The number of aliphatic hydroxyl groups excluding tert-OH is 1. The first-order valence-corrected chi connectivity index (χ1v) is 7.25. The molecule has 8 nitrogen and oxygen atoms in total. The third kappa shape index (κ3) is 2.87. The normalized spacial score (nSPS) is 13.5. The number of carboxylic acids is 1. The van der Waals surface area contributed by atoms with Gasteiger partial charge < -0.3 is 10.2 Å². The van der Waals surface area contributed by atoms with Crippen molar-refractivity contribution in [3.8, 4) is 0 Å². The minimum Gasteiger partial charge on any atom is -0.479 e. The van der Waals surface area contributed by atoms with Crippen molar-refractivity contribution in [2.45, 2.75) is 11.0 Å². The Labute approximate surface area is 112 Å². The van der Waals surface area contributed by atoms with Crippen molar-refractivity contribution in [2.75, 3.05) is 6.54 Å². The van der Waals surface area contributed by atoms with Gasteiger partial charge in [0, 0.05) is 6.54 Å². The van der Waals surface area contributed by atoms with Crippen LogP contribution in [0.5, 0.6) is 0 Å². The number of aliphatic carboxylic acids is 1. The van der Waals surface area contributed by atoms with E-state index >= 15 is 0 Å². The molecule has 0 aliphatic carbocycles. The largest absolute Gasteiger partial charge is 0.479 e. The van der Waals surface area contributed by atoms with Crippen molar-refractivity contribution in [3.63, 3.8) is 0 Å². The van der Waals surface area contributed by atoms with Gasteiger partial charge >= 0.3 is 5.97 Å². The molecule has 0 aliphatic rings. The summed E-state index contributed by atoms with van der Waals surface area (Å²) in [6, 6.07) is 4.45. The lowest BCUT2D eigenvalue weighted by Gasteiger charge is -2.08. The van der Waals surface area contributed by atoms with Gasteiger partial charge in [0.15, 0.2) is 6.10 Å². The fourth-order valence-electron chi connectivity index (χ4n) is 1.35. The molecule has 0 saturated carbocycles. The zero-order valence-corrected chi connectivity index (χ0v) is 11.0. The number of fused-ring (bicyclic) bond motifs is 1. The summed E-state index contributed by atoms with van der Waals surface area (Å²) in [5, 5.41) is 17.5. The van der Waals surface area contributed by atoms with E-state index in [2.05, 4.69) is 8.75 Å². The van der Waals surface area contributed by atoms with Crippen LogP contribution in [0.4, 0.5) is 0 Å². The van der Waals surface area contributed by atoms with Gasteiger partial charge in [-0.3, -0.25) is 0 Å². The molecular weight excluding hydrogens is 294 g/mol. The fourth-order valence-corrected chi connectivity index (χ4v) is 3.15. The lowest BCUT2D eigenvalue weighted by Crippen LogP contribution is -2.36. The van der Waals surface area contributed by atoms with Crippen LogP contribution in [0.25, 0.3) is 11.0 Å². The van der Waals surface area contributed by atoms with Crippen molar-refractivity contribution in [1.82, 2.24) is 13.5 Å². The van der Waals surface area contributed by atoms with Crippen LogP contribution < -0.4 is 4.72 Å². The Kier molecular flexibility index (Phi) is 3.75. The van der Waals surface area contributed by atoms with E-state index in [-0.39, 0.29) is 10.4 Å². The van der Waals surface area contributed by atoms with E-state index < -0.39 is 28.6 Å². The topological polar surface area (TPSA) is 129 Å². The molecule has 0 saturated heterocycles. The fraction of sp³-hybridized carbons (Fsp3) is 0.222. The Morgan fingerprint density at radius 2 is 2.16 bits per heavy atom. The third-order valence-corrected chi connectivity index (χ3v) is 4.29. The SMILES string of the molecule is O=C(O)C(O)CNS(=O)(=O)c1cccc2nsnc12. The molecule has 0 bridgehead atoms. The maximum Gasteiger partial charge on any atom is 0.333 e. The average Bonchev–Trinajstić information content (AvgIpc) is 2.83. The van der Waals surface area contributed by atoms with Crippen molar-refractivity contribution in [1.29, 1.82) is 0 Å². The molecule has 1 heterocycles. The highest BCUT2D eigenvalue weighted by molar-refractivity contribution is 7.89. The number of aliphatic hydroxyl groups is 1. The van der Waals surface area contributed by atoms with E-state index in [0.717, 1.165) is 11.7 Å². The van der Waals surface area contributed by atoms with Crippen molar-refractivity contribution >= 4 is 38.8 Å². The van der Waals surface area contributed by atoms with Gasteiger partial charge in [0.25, 0.3) is 0 Å². The molecule has 10 heteroatoms. The van der Waals surface area contributed by atoms with Crippen LogP contribution in [0, 0.1) is 0 Å². The number of benzene rings is 1. The van der Waals surface area contributed by atoms with Gasteiger partial charge in [-0.1, -0.05) is 6.07 Å². The minimum atomic E-state index is -3.95. The first kappa shape index (κ1) is 13.8. The number of nitrogens with zero attached hydrogens (tertiary/aromatic N) is 2. The molecule has 102 valence electrons. The summed E-state index contributed by atoms with van der Waals surface area (Å²) in [7, 11) is -3.95. The van der Waals surface area contributed by atoms with Gasteiger partial charge in [0.05, 0.1) is 11.7 Å². The van der Waals surface area contributed by atoms with Crippen LogP contribution in [-0.4, -0.2) is 46.0 Å². The zero-order valence-electron chi connectivity index (χ0n) is 9.35. The number of hydrogen-bond donors (Lipinski definition) is 3. The van der Waals surface area contributed by atoms with Gasteiger partial charge in [0.2, 0.25) is 10.0 Å². The second-order valence-corrected chi connectivity index (χ2v) is 5.86. The molecular formula is C9H9N3O5S2. The van der Waals surface area contributed by atoms with E-state index in [1.165, 1.54) is 12.1 Å². The number of sulfonamides is 1. The molecule has 0 spiro atoms. The number of aromatic nitrogens is 2.